The van der Waals surface area contributed by atoms with E-state index in [0.29, 0.717) is 18.4 Å². The molecule has 3 N–H and O–H groups in total. The van der Waals surface area contributed by atoms with Crippen molar-refractivity contribution in [1.82, 2.24) is 0 Å². The fourth-order valence-electron chi connectivity index (χ4n) is 4.96. The van der Waals surface area contributed by atoms with E-state index >= 15 is 0 Å². The molecule has 3 aliphatic rings. The normalized spacial score (nSPS) is 44.7. The lowest BCUT2D eigenvalue weighted by atomic mass is 9.50. The lowest BCUT2D eigenvalue weighted by Gasteiger charge is -2.59. The molecule has 1 aliphatic heterocycles. The summed E-state index contributed by atoms with van der Waals surface area (Å²) in [7, 11) is 0. The van der Waals surface area contributed by atoms with E-state index < -0.39 is 59.2 Å². The Kier molecular flexibility index (Phi) is 4.77. The van der Waals surface area contributed by atoms with Crippen LogP contribution in [0.15, 0.2) is 24.3 Å². The maximum Gasteiger partial charge on any atom is 0.336 e. The van der Waals surface area contributed by atoms with E-state index in [1.807, 2.05) is 0 Å². The van der Waals surface area contributed by atoms with Gasteiger partial charge in [-0.25, -0.2) is 4.79 Å². The first-order valence-electron chi connectivity index (χ1n) is 9.32. The Balaban J connectivity index is 2.02. The maximum atomic E-state index is 12.4. The summed E-state index contributed by atoms with van der Waals surface area (Å²) in [5.74, 6) is -2.42. The quantitative estimate of drug-likeness (QED) is 0.378. The average Bonchev–Trinajstić information content (AvgIpc) is 2.90. The van der Waals surface area contributed by atoms with E-state index in [0.717, 1.165) is 0 Å². The Morgan fingerprint density at radius 3 is 2.67 bits per heavy atom. The molecule has 0 aromatic carbocycles. The minimum absolute atomic E-state index is 0.0935. The van der Waals surface area contributed by atoms with Crippen LogP contribution >= 0.6 is 0 Å². The molecular weight excluding hydrogens is 352 g/mol. The summed E-state index contributed by atoms with van der Waals surface area (Å²) < 4.78 is 11.1. The summed E-state index contributed by atoms with van der Waals surface area (Å²) >= 11 is 0. The highest BCUT2D eigenvalue weighted by molar-refractivity contribution is 5.89. The molecule has 0 aromatic rings. The lowest BCUT2D eigenvalue weighted by Crippen LogP contribution is -2.70. The van der Waals surface area contributed by atoms with Gasteiger partial charge in [0.25, 0.3) is 0 Å². The van der Waals surface area contributed by atoms with Crippen LogP contribution in [0, 0.1) is 17.3 Å². The number of ether oxygens (including phenoxy) is 2. The van der Waals surface area contributed by atoms with Gasteiger partial charge in [0.05, 0.1) is 23.7 Å². The number of esters is 2. The predicted octanol–water partition coefficient (Wildman–Crippen LogP) is 0.865. The zero-order valence-electron chi connectivity index (χ0n) is 16.0. The second-order valence-corrected chi connectivity index (χ2v) is 8.41. The first-order valence-corrected chi connectivity index (χ1v) is 9.32. The van der Waals surface area contributed by atoms with Gasteiger partial charge in [0.1, 0.15) is 17.8 Å². The molecule has 150 valence electrons. The number of carbonyl (C=O) groups is 2. The molecule has 1 heterocycles. The summed E-state index contributed by atoms with van der Waals surface area (Å²) in [6.45, 7) is 12.3. The van der Waals surface area contributed by atoms with Crippen molar-refractivity contribution in [2.75, 3.05) is 0 Å². The van der Waals surface area contributed by atoms with Crippen LogP contribution in [0.1, 0.15) is 40.0 Å². The highest BCUT2D eigenvalue weighted by Crippen LogP contribution is 2.60. The van der Waals surface area contributed by atoms with Crippen molar-refractivity contribution < 1.29 is 34.4 Å². The van der Waals surface area contributed by atoms with Crippen LogP contribution in [0.3, 0.4) is 0 Å². The molecule has 0 aromatic heterocycles. The molecule has 0 bridgehead atoms. The third kappa shape index (κ3) is 2.67. The Bertz CT molecular complexity index is 698. The zero-order valence-corrected chi connectivity index (χ0v) is 16.0. The molecule has 2 saturated carbocycles. The highest BCUT2D eigenvalue weighted by atomic mass is 16.6. The SMILES string of the molecule is C=C(C(=O)OC1CC2(C)C(O)CCC(=C)C2(O)C2OC(=O)C(C)C12)C(C)O. The summed E-state index contributed by atoms with van der Waals surface area (Å²) in [4.78, 5) is 24.7. The number of hydrogen-bond donors (Lipinski definition) is 3. The van der Waals surface area contributed by atoms with E-state index in [1.54, 1.807) is 13.8 Å². The third-order valence-corrected chi connectivity index (χ3v) is 6.90. The van der Waals surface area contributed by atoms with Crippen LogP contribution in [-0.2, 0) is 19.1 Å². The molecule has 1 saturated heterocycles. The van der Waals surface area contributed by atoms with Crippen LogP contribution in [0.5, 0.6) is 0 Å². The van der Waals surface area contributed by atoms with Crippen molar-refractivity contribution in [2.24, 2.45) is 17.3 Å². The topological polar surface area (TPSA) is 113 Å². The van der Waals surface area contributed by atoms with Crippen LogP contribution < -0.4 is 0 Å². The zero-order chi connectivity index (χ0) is 20.3. The van der Waals surface area contributed by atoms with Crippen molar-refractivity contribution in [3.8, 4) is 0 Å². The van der Waals surface area contributed by atoms with Gasteiger partial charge < -0.3 is 24.8 Å². The number of fused-ring (bicyclic) bond motifs is 3. The smallest absolute Gasteiger partial charge is 0.336 e. The van der Waals surface area contributed by atoms with Crippen LogP contribution in [0.4, 0.5) is 0 Å². The minimum atomic E-state index is -1.60. The molecule has 8 unspecified atom stereocenters. The van der Waals surface area contributed by atoms with Crippen molar-refractivity contribution in [3.63, 3.8) is 0 Å². The summed E-state index contributed by atoms with van der Waals surface area (Å²) in [5.41, 5.74) is -2.26. The number of hydrogen-bond acceptors (Lipinski definition) is 7. The molecule has 0 amide bonds. The average molecular weight is 380 g/mol. The Labute approximate surface area is 158 Å². The van der Waals surface area contributed by atoms with Crippen molar-refractivity contribution >= 4 is 11.9 Å². The van der Waals surface area contributed by atoms with Crippen molar-refractivity contribution in [3.05, 3.63) is 24.3 Å². The maximum absolute atomic E-state index is 12.4. The van der Waals surface area contributed by atoms with Crippen LogP contribution in [0.2, 0.25) is 0 Å². The van der Waals surface area contributed by atoms with E-state index in [2.05, 4.69) is 13.2 Å². The molecule has 27 heavy (non-hydrogen) atoms. The standard InChI is InChI=1S/C20H28O7/c1-9-6-7-14(22)19(5)8-13(26-17(23)10(2)12(4)21)15-11(3)18(24)27-16(15)20(9,19)25/h11-16,21-22,25H,1-2,6-8H2,3-5H3. The lowest BCUT2D eigenvalue weighted by molar-refractivity contribution is -0.241. The summed E-state index contributed by atoms with van der Waals surface area (Å²) in [6, 6.07) is 0. The molecule has 3 rings (SSSR count). The van der Waals surface area contributed by atoms with E-state index in [-0.39, 0.29) is 12.0 Å². The summed E-state index contributed by atoms with van der Waals surface area (Å²) in [5, 5.41) is 31.9. The third-order valence-electron chi connectivity index (χ3n) is 6.90. The molecule has 7 nitrogen and oxygen atoms in total. The fraction of sp³-hybridized carbons (Fsp3) is 0.700. The van der Waals surface area contributed by atoms with Crippen LogP contribution in [-0.4, -0.2) is 57.3 Å². The number of aliphatic hydroxyl groups excluding tert-OH is 2. The van der Waals surface area contributed by atoms with Gasteiger partial charge in [-0.1, -0.05) is 27.0 Å². The van der Waals surface area contributed by atoms with Gasteiger partial charge in [-0.2, -0.15) is 0 Å². The van der Waals surface area contributed by atoms with Crippen molar-refractivity contribution in [1.29, 1.82) is 0 Å². The fourth-order valence-corrected chi connectivity index (χ4v) is 4.96. The molecular formula is C20H28O7. The molecule has 8 atom stereocenters. The van der Waals surface area contributed by atoms with Gasteiger partial charge in [-0.05, 0) is 31.8 Å². The predicted molar refractivity (Wildman–Crippen MR) is 95.3 cm³/mol. The monoisotopic (exact) mass is 380 g/mol. The number of aliphatic hydroxyl groups is 3. The second kappa shape index (κ2) is 6.43. The minimum Gasteiger partial charge on any atom is -0.458 e. The van der Waals surface area contributed by atoms with Gasteiger partial charge in [-0.3, -0.25) is 4.79 Å². The molecule has 7 heteroatoms. The molecule has 0 spiro atoms. The number of rotatable bonds is 3. The Hall–Kier alpha value is -1.70. The number of carbonyl (C=O) groups excluding carboxylic acids is 2. The van der Waals surface area contributed by atoms with E-state index in [9.17, 15) is 24.9 Å². The molecule has 3 fully saturated rings. The largest absolute Gasteiger partial charge is 0.458 e. The van der Waals surface area contributed by atoms with E-state index in [4.69, 9.17) is 9.47 Å². The molecule has 0 radical (unpaired) electrons. The Morgan fingerprint density at radius 2 is 2.07 bits per heavy atom. The summed E-state index contributed by atoms with van der Waals surface area (Å²) in [6.07, 6.45) is -2.69. The van der Waals surface area contributed by atoms with Gasteiger partial charge in [0, 0.05) is 11.3 Å². The van der Waals surface area contributed by atoms with Gasteiger partial charge in [0.2, 0.25) is 0 Å². The van der Waals surface area contributed by atoms with Crippen LogP contribution in [0.25, 0.3) is 0 Å². The first-order chi connectivity index (χ1) is 12.4. The highest BCUT2D eigenvalue weighted by Gasteiger charge is 2.71. The van der Waals surface area contributed by atoms with Crippen molar-refractivity contribution in [2.45, 2.75) is 70.1 Å². The second-order valence-electron chi connectivity index (χ2n) is 8.41. The first kappa shape index (κ1) is 20.0. The van der Waals surface area contributed by atoms with Gasteiger partial charge >= 0.3 is 11.9 Å². The Morgan fingerprint density at radius 1 is 1.44 bits per heavy atom. The molecule has 2 aliphatic carbocycles. The van der Waals surface area contributed by atoms with Gasteiger partial charge in [-0.15, -0.1) is 0 Å². The van der Waals surface area contributed by atoms with Gasteiger partial charge in [0.15, 0.2) is 0 Å². The van der Waals surface area contributed by atoms with E-state index in [1.165, 1.54) is 6.92 Å².